The molecule has 0 aliphatic rings. The summed E-state index contributed by atoms with van der Waals surface area (Å²) in [5, 5.41) is 10.2. The molecular formula is C15H23ClO2. The summed E-state index contributed by atoms with van der Waals surface area (Å²) in [4.78, 5) is 0. The number of hydrogen-bond donors (Lipinski definition) is 1. The van der Waals surface area contributed by atoms with Crippen molar-refractivity contribution in [2.24, 2.45) is 0 Å². The van der Waals surface area contributed by atoms with Crippen molar-refractivity contribution in [1.82, 2.24) is 0 Å². The van der Waals surface area contributed by atoms with Crippen molar-refractivity contribution < 1.29 is 9.84 Å². The van der Waals surface area contributed by atoms with Crippen LogP contribution in [-0.4, -0.2) is 18.1 Å². The molecule has 0 amide bonds. The number of aliphatic hydroxyl groups is 1. The van der Waals surface area contributed by atoms with Crippen molar-refractivity contribution in [1.29, 1.82) is 0 Å². The quantitative estimate of drug-likeness (QED) is 0.818. The topological polar surface area (TPSA) is 29.5 Å². The van der Waals surface area contributed by atoms with Crippen LogP contribution in [0.3, 0.4) is 0 Å². The van der Waals surface area contributed by atoms with Crippen molar-refractivity contribution in [2.75, 3.05) is 13.0 Å². The molecule has 2 nitrogen and oxygen atoms in total. The first-order chi connectivity index (χ1) is 8.40. The van der Waals surface area contributed by atoms with Crippen molar-refractivity contribution >= 4 is 11.6 Å². The number of methoxy groups -OCH3 is 1. The van der Waals surface area contributed by atoms with E-state index in [1.165, 1.54) is 5.56 Å². The minimum Gasteiger partial charge on any atom is -0.496 e. The predicted octanol–water partition coefficient (Wildman–Crippen LogP) is 4.05. The standard InChI is InChI=1S/C15H23ClO2/c1-15(2,3)11-7-8-14(18-4)12(10-11)13(17)6-5-9-16/h7-8,10,13,17H,5-6,9H2,1-4H3. The molecule has 1 aromatic carbocycles. The van der Waals surface area contributed by atoms with Crippen molar-refractivity contribution in [3.63, 3.8) is 0 Å². The molecule has 1 N–H and O–H groups in total. The first-order valence-electron chi connectivity index (χ1n) is 6.32. The van der Waals surface area contributed by atoms with E-state index >= 15 is 0 Å². The number of alkyl halides is 1. The highest BCUT2D eigenvalue weighted by molar-refractivity contribution is 6.17. The van der Waals surface area contributed by atoms with Gasteiger partial charge in [-0.05, 0) is 36.0 Å². The zero-order chi connectivity index (χ0) is 13.8. The number of hydrogen-bond acceptors (Lipinski definition) is 2. The molecule has 0 bridgehead atoms. The zero-order valence-electron chi connectivity index (χ0n) is 11.7. The molecular weight excluding hydrogens is 248 g/mol. The summed E-state index contributed by atoms with van der Waals surface area (Å²) in [6.45, 7) is 6.47. The molecule has 0 heterocycles. The first-order valence-corrected chi connectivity index (χ1v) is 6.86. The second-order valence-electron chi connectivity index (χ2n) is 5.55. The molecule has 102 valence electrons. The van der Waals surface area contributed by atoms with Crippen LogP contribution in [0.25, 0.3) is 0 Å². The van der Waals surface area contributed by atoms with Crippen LogP contribution in [0.4, 0.5) is 0 Å². The zero-order valence-corrected chi connectivity index (χ0v) is 12.4. The molecule has 1 aromatic rings. The highest BCUT2D eigenvalue weighted by Gasteiger charge is 2.19. The van der Waals surface area contributed by atoms with Gasteiger partial charge in [0.2, 0.25) is 0 Å². The summed E-state index contributed by atoms with van der Waals surface area (Å²) in [5.41, 5.74) is 2.12. The molecule has 1 unspecified atom stereocenters. The summed E-state index contributed by atoms with van der Waals surface area (Å²) in [6.07, 6.45) is 0.944. The number of benzene rings is 1. The normalized spacial score (nSPS) is 13.4. The fraction of sp³-hybridized carbons (Fsp3) is 0.600. The maximum Gasteiger partial charge on any atom is 0.124 e. The lowest BCUT2D eigenvalue weighted by Crippen LogP contribution is -2.12. The Kier molecular flexibility index (Phi) is 5.48. The lowest BCUT2D eigenvalue weighted by Gasteiger charge is -2.22. The third-order valence-corrected chi connectivity index (χ3v) is 3.33. The molecule has 0 saturated carbocycles. The van der Waals surface area contributed by atoms with Gasteiger partial charge in [-0.1, -0.05) is 26.8 Å². The Balaban J connectivity index is 3.06. The third kappa shape index (κ3) is 3.89. The molecule has 0 fully saturated rings. The van der Waals surface area contributed by atoms with Gasteiger partial charge in [-0.25, -0.2) is 0 Å². The number of ether oxygens (including phenoxy) is 1. The maximum absolute atomic E-state index is 10.2. The highest BCUT2D eigenvalue weighted by atomic mass is 35.5. The molecule has 1 rings (SSSR count). The summed E-state index contributed by atoms with van der Waals surface area (Å²) in [5.74, 6) is 1.31. The average molecular weight is 271 g/mol. The van der Waals surface area contributed by atoms with Gasteiger partial charge < -0.3 is 9.84 Å². The summed E-state index contributed by atoms with van der Waals surface area (Å²) < 4.78 is 5.32. The van der Waals surface area contributed by atoms with E-state index in [1.54, 1.807) is 7.11 Å². The van der Waals surface area contributed by atoms with Gasteiger partial charge in [-0.15, -0.1) is 11.6 Å². The SMILES string of the molecule is COc1ccc(C(C)(C)C)cc1C(O)CCCCl. The molecule has 0 aliphatic heterocycles. The fourth-order valence-electron chi connectivity index (χ4n) is 1.89. The Bertz CT molecular complexity index is 383. The summed E-state index contributed by atoms with van der Waals surface area (Å²) in [6, 6.07) is 6.02. The highest BCUT2D eigenvalue weighted by Crippen LogP contribution is 2.33. The second-order valence-corrected chi connectivity index (χ2v) is 5.93. The van der Waals surface area contributed by atoms with Crippen LogP contribution in [0.2, 0.25) is 0 Å². The number of halogens is 1. The minimum atomic E-state index is -0.513. The van der Waals surface area contributed by atoms with E-state index in [2.05, 4.69) is 26.8 Å². The van der Waals surface area contributed by atoms with Gasteiger partial charge in [0.05, 0.1) is 13.2 Å². The van der Waals surface area contributed by atoms with Gasteiger partial charge in [-0.2, -0.15) is 0 Å². The molecule has 18 heavy (non-hydrogen) atoms. The van der Waals surface area contributed by atoms with E-state index in [4.69, 9.17) is 16.3 Å². The van der Waals surface area contributed by atoms with E-state index in [9.17, 15) is 5.11 Å². The average Bonchev–Trinajstić information content (AvgIpc) is 2.34. The maximum atomic E-state index is 10.2. The van der Waals surface area contributed by atoms with E-state index in [-0.39, 0.29) is 5.41 Å². The van der Waals surface area contributed by atoms with E-state index in [0.29, 0.717) is 12.3 Å². The fourth-order valence-corrected chi connectivity index (χ4v) is 2.04. The lowest BCUT2D eigenvalue weighted by atomic mass is 9.85. The molecule has 1 atom stereocenters. The van der Waals surface area contributed by atoms with Gasteiger partial charge >= 0.3 is 0 Å². The monoisotopic (exact) mass is 270 g/mol. The van der Waals surface area contributed by atoms with Crippen LogP contribution in [0.5, 0.6) is 5.75 Å². The van der Waals surface area contributed by atoms with Crippen LogP contribution in [-0.2, 0) is 5.41 Å². The van der Waals surface area contributed by atoms with Gasteiger partial charge in [0, 0.05) is 11.4 Å². The van der Waals surface area contributed by atoms with Gasteiger partial charge in [0.15, 0.2) is 0 Å². The smallest absolute Gasteiger partial charge is 0.124 e. The second kappa shape index (κ2) is 6.44. The molecule has 0 aliphatic carbocycles. The van der Waals surface area contributed by atoms with Gasteiger partial charge in [-0.3, -0.25) is 0 Å². The minimum absolute atomic E-state index is 0.0627. The van der Waals surface area contributed by atoms with Crippen LogP contribution in [0.15, 0.2) is 18.2 Å². The molecule has 0 aromatic heterocycles. The van der Waals surface area contributed by atoms with Gasteiger partial charge in [0.1, 0.15) is 5.75 Å². The molecule has 3 heteroatoms. The van der Waals surface area contributed by atoms with Crippen LogP contribution < -0.4 is 4.74 Å². The van der Waals surface area contributed by atoms with Crippen molar-refractivity contribution in [3.8, 4) is 5.75 Å². The summed E-state index contributed by atoms with van der Waals surface area (Å²) >= 11 is 5.67. The predicted molar refractivity (Wildman–Crippen MR) is 76.6 cm³/mol. The third-order valence-electron chi connectivity index (χ3n) is 3.07. The Morgan fingerprint density at radius 3 is 2.50 bits per heavy atom. The Labute approximate surface area is 115 Å². The Morgan fingerprint density at radius 2 is 2.00 bits per heavy atom. The van der Waals surface area contributed by atoms with Crippen LogP contribution >= 0.6 is 11.6 Å². The lowest BCUT2D eigenvalue weighted by molar-refractivity contribution is 0.162. The summed E-state index contributed by atoms with van der Waals surface area (Å²) in [7, 11) is 1.63. The van der Waals surface area contributed by atoms with Crippen molar-refractivity contribution in [3.05, 3.63) is 29.3 Å². The molecule has 0 spiro atoms. The van der Waals surface area contributed by atoms with E-state index < -0.39 is 6.10 Å². The first kappa shape index (κ1) is 15.3. The van der Waals surface area contributed by atoms with Crippen molar-refractivity contribution in [2.45, 2.75) is 45.1 Å². The van der Waals surface area contributed by atoms with E-state index in [0.717, 1.165) is 17.7 Å². The van der Waals surface area contributed by atoms with Gasteiger partial charge in [0.25, 0.3) is 0 Å². The Morgan fingerprint density at radius 1 is 1.33 bits per heavy atom. The molecule has 0 saturated heterocycles. The largest absolute Gasteiger partial charge is 0.496 e. The Hall–Kier alpha value is -0.730. The van der Waals surface area contributed by atoms with Crippen LogP contribution in [0, 0.1) is 0 Å². The van der Waals surface area contributed by atoms with E-state index in [1.807, 2.05) is 12.1 Å². The van der Waals surface area contributed by atoms with Crippen LogP contribution in [0.1, 0.15) is 50.8 Å². The number of rotatable bonds is 5. The molecule has 0 radical (unpaired) electrons. The number of aliphatic hydroxyl groups excluding tert-OH is 1.